The molecule has 0 aromatic heterocycles. The van der Waals surface area contributed by atoms with Gasteiger partial charge in [-0.25, -0.2) is 68.4 Å². The van der Waals surface area contributed by atoms with Crippen LogP contribution in [0.15, 0.2) is 0 Å². The predicted molar refractivity (Wildman–Crippen MR) is 513 cm³/mol. The Morgan fingerprint density at radius 1 is 0.107 bits per heavy atom. The zero-order valence-corrected chi connectivity index (χ0v) is 83.4. The molecule has 8 atom stereocenters. The number of ether oxygens (including phenoxy) is 2. The van der Waals surface area contributed by atoms with E-state index in [1.807, 2.05) is 0 Å². The Kier molecular flexibility index (Phi) is 105. The molecule has 0 aliphatic carbocycles. The molecule has 8 unspecified atom stereocenters. The molecule has 0 radical (unpaired) electrons. The molecule has 0 amide bonds. The molecule has 0 spiro atoms. The van der Waals surface area contributed by atoms with Gasteiger partial charge in [0.15, 0.2) is 0 Å². The first-order valence-corrected chi connectivity index (χ1v) is 54.1. The molecule has 0 aromatic carbocycles. The second kappa shape index (κ2) is 106. The maximum absolute atomic E-state index is 5.59. The predicted octanol–water partition coefficient (Wildman–Crippen LogP) is 33.1. The highest BCUT2D eigenvalue weighted by Gasteiger charge is 2.15. The van der Waals surface area contributed by atoms with Crippen LogP contribution in [0.3, 0.4) is 0 Å². The van der Waals surface area contributed by atoms with Crippen molar-refractivity contribution in [3.05, 3.63) is 0 Å². The Morgan fingerprint density at radius 2 is 0.197 bits per heavy atom. The van der Waals surface area contributed by atoms with E-state index in [1.165, 1.54) is 372 Å². The molecule has 16 heteroatoms. The van der Waals surface area contributed by atoms with Crippen LogP contribution in [0, 0.1) is 47.3 Å². The fourth-order valence-corrected chi connectivity index (χ4v) is 17.9. The standard InChI is InChI=1S/C106H214O16/c1-11-99(75-59-84-108-10)67-44-28-20-36-52-85-109-117-93-61-77-101(13-3)69-46-30-22-38-54-87-111-119-95-63-79-103(15-5)71-48-32-24-40-56-89-113-121-97-65-81-105(17-7)73-50-34-26-42-58-91-115-122-98-66-82-106(18-8)74-49-33-25-41-57-90-114-120-96-64-80-104(16-6)72-47-31-23-39-55-88-112-118-94-62-78-102(14-4)70-45-29-21-37-53-86-110-116-92-60-76-100(12-2)68-43-27-19-35-51-83-107-9/h99-106H,11-98H2,1-10H3. The fraction of sp³-hybridized carbons (Fsp3) is 1.00. The van der Waals surface area contributed by atoms with Gasteiger partial charge in [-0.05, 0) is 201 Å². The van der Waals surface area contributed by atoms with Crippen molar-refractivity contribution in [2.24, 2.45) is 47.3 Å². The van der Waals surface area contributed by atoms with Crippen LogP contribution < -0.4 is 0 Å². The summed E-state index contributed by atoms with van der Waals surface area (Å²) in [6.07, 6.45) is 89.9. The lowest BCUT2D eigenvalue weighted by Crippen LogP contribution is -2.04. The van der Waals surface area contributed by atoms with Crippen molar-refractivity contribution < 1.29 is 77.9 Å². The van der Waals surface area contributed by atoms with Gasteiger partial charge in [0.2, 0.25) is 0 Å². The van der Waals surface area contributed by atoms with E-state index in [9.17, 15) is 0 Å². The van der Waals surface area contributed by atoms with Crippen molar-refractivity contribution in [1.29, 1.82) is 0 Å². The van der Waals surface area contributed by atoms with E-state index in [0.29, 0.717) is 66.1 Å². The summed E-state index contributed by atoms with van der Waals surface area (Å²) < 4.78 is 10.4. The first-order valence-electron chi connectivity index (χ1n) is 54.1. The molecule has 0 bridgehead atoms. The van der Waals surface area contributed by atoms with Gasteiger partial charge >= 0.3 is 0 Å². The summed E-state index contributed by atoms with van der Waals surface area (Å²) in [6, 6.07) is 0. The lowest BCUT2D eigenvalue weighted by Gasteiger charge is -2.15. The average molecular weight is 1740 g/mol. The second-order valence-electron chi connectivity index (χ2n) is 37.3. The minimum Gasteiger partial charge on any atom is -0.385 e. The first-order chi connectivity index (χ1) is 60.4. The lowest BCUT2D eigenvalue weighted by atomic mass is 9.93. The molecule has 0 fully saturated rings. The van der Waals surface area contributed by atoms with E-state index in [0.717, 1.165) is 177 Å². The Balaban J connectivity index is 3.54. The highest BCUT2D eigenvalue weighted by Crippen LogP contribution is 2.28. The molecule has 16 nitrogen and oxygen atoms in total. The van der Waals surface area contributed by atoms with Gasteiger partial charge in [-0.2, -0.15) is 0 Å². The van der Waals surface area contributed by atoms with E-state index in [4.69, 9.17) is 77.9 Å². The lowest BCUT2D eigenvalue weighted by molar-refractivity contribution is -0.295. The van der Waals surface area contributed by atoms with Gasteiger partial charge in [0.25, 0.3) is 0 Å². The summed E-state index contributed by atoms with van der Waals surface area (Å²) in [5.74, 6) is 6.47. The fourth-order valence-electron chi connectivity index (χ4n) is 17.9. The topological polar surface area (TPSA) is 148 Å². The van der Waals surface area contributed by atoms with Crippen molar-refractivity contribution in [3.8, 4) is 0 Å². The third kappa shape index (κ3) is 92.6. The molecular formula is C106H214O16. The molecule has 0 rings (SSSR count). The van der Waals surface area contributed by atoms with E-state index < -0.39 is 0 Å². The molecule has 0 aliphatic heterocycles. The maximum atomic E-state index is 5.59. The summed E-state index contributed by atoms with van der Waals surface area (Å²) in [5.41, 5.74) is 0. The molecule has 122 heavy (non-hydrogen) atoms. The van der Waals surface area contributed by atoms with Crippen LogP contribution >= 0.6 is 0 Å². The molecule has 0 saturated heterocycles. The van der Waals surface area contributed by atoms with Crippen LogP contribution in [0.2, 0.25) is 0 Å². The van der Waals surface area contributed by atoms with Crippen molar-refractivity contribution in [2.75, 3.05) is 120 Å². The summed E-state index contributed by atoms with van der Waals surface area (Å²) in [6.45, 7) is 30.5. The highest BCUT2D eigenvalue weighted by molar-refractivity contribution is 4.66. The number of rotatable bonds is 111. The van der Waals surface area contributed by atoms with E-state index in [1.54, 1.807) is 14.2 Å². The second-order valence-corrected chi connectivity index (χ2v) is 37.3. The largest absolute Gasteiger partial charge is 0.385 e. The molecule has 0 aliphatic rings. The zero-order valence-electron chi connectivity index (χ0n) is 83.4. The van der Waals surface area contributed by atoms with Crippen molar-refractivity contribution in [2.45, 2.75) is 518 Å². The molecule has 0 aromatic rings. The molecule has 0 saturated carbocycles. The molecular weight excluding hydrogens is 1530 g/mol. The smallest absolute Gasteiger partial charge is 0.0822 e. The van der Waals surface area contributed by atoms with E-state index in [-0.39, 0.29) is 0 Å². The third-order valence-electron chi connectivity index (χ3n) is 26.9. The normalized spacial score (nSPS) is 14.0. The van der Waals surface area contributed by atoms with Gasteiger partial charge in [0.05, 0.1) is 92.5 Å². The number of methoxy groups -OCH3 is 2. The first kappa shape index (κ1) is 121. The Hall–Kier alpha value is -0.640. The minimum absolute atomic E-state index is 0.710. The Bertz CT molecular complexity index is 1820. The van der Waals surface area contributed by atoms with Gasteiger partial charge < -0.3 is 9.47 Å². The zero-order chi connectivity index (χ0) is 88.2. The van der Waals surface area contributed by atoms with Crippen LogP contribution in [0.1, 0.15) is 518 Å². The van der Waals surface area contributed by atoms with E-state index >= 15 is 0 Å². The van der Waals surface area contributed by atoms with Crippen molar-refractivity contribution in [3.63, 3.8) is 0 Å². The van der Waals surface area contributed by atoms with Gasteiger partial charge in [-0.3, -0.25) is 0 Å². The Morgan fingerprint density at radius 3 is 0.328 bits per heavy atom. The van der Waals surface area contributed by atoms with Gasteiger partial charge in [0.1, 0.15) is 0 Å². The van der Waals surface area contributed by atoms with Gasteiger partial charge in [-0.1, -0.05) is 364 Å². The summed E-state index contributed by atoms with van der Waals surface area (Å²) in [7, 11) is 3.60. The molecule has 0 heterocycles. The van der Waals surface area contributed by atoms with Crippen LogP contribution in [-0.4, -0.2) is 120 Å². The molecule has 734 valence electrons. The summed E-state index contributed by atoms with van der Waals surface area (Å²) in [5, 5.41) is 0. The SMILES string of the molecule is CCC(CCCCCCCOOCCCC(CC)CCCCCCCOOCCCC(CC)CCCCCCCOOCCCC(CC)CCCCCCCOOCCCC(CC)CCCCCCCOOCCCC(CC)CCCCCCCOOCCCC(CC)CCCCCCCOOCCCC(CC)CCCCCCCOC)CCCOC. The minimum atomic E-state index is 0.710. The van der Waals surface area contributed by atoms with Gasteiger partial charge in [0, 0.05) is 27.4 Å². The van der Waals surface area contributed by atoms with E-state index in [2.05, 4.69) is 55.4 Å². The van der Waals surface area contributed by atoms with Crippen LogP contribution in [0.25, 0.3) is 0 Å². The Labute approximate surface area is 758 Å². The van der Waals surface area contributed by atoms with Crippen LogP contribution in [0.4, 0.5) is 0 Å². The van der Waals surface area contributed by atoms with Crippen molar-refractivity contribution in [1.82, 2.24) is 0 Å². The van der Waals surface area contributed by atoms with Crippen LogP contribution in [0.5, 0.6) is 0 Å². The summed E-state index contributed by atoms with van der Waals surface area (Å²) in [4.78, 5) is 77.8. The number of unbranched alkanes of at least 4 members (excludes halogenated alkanes) is 32. The number of hydrogen-bond acceptors (Lipinski definition) is 16. The third-order valence-corrected chi connectivity index (χ3v) is 26.9. The monoisotopic (exact) mass is 1740 g/mol. The van der Waals surface area contributed by atoms with Gasteiger partial charge in [-0.15, -0.1) is 0 Å². The average Bonchev–Trinajstić information content (AvgIpc) is 1.06. The number of hydrogen-bond donors (Lipinski definition) is 0. The highest BCUT2D eigenvalue weighted by atomic mass is 17.2. The summed E-state index contributed by atoms with van der Waals surface area (Å²) >= 11 is 0. The van der Waals surface area contributed by atoms with Crippen molar-refractivity contribution >= 4 is 0 Å². The maximum Gasteiger partial charge on any atom is 0.0822 e. The van der Waals surface area contributed by atoms with Crippen LogP contribution in [-0.2, 0) is 77.9 Å². The quantitative estimate of drug-likeness (QED) is 0.0323. The molecule has 0 N–H and O–H groups in total.